The van der Waals surface area contributed by atoms with E-state index in [0.29, 0.717) is 19.0 Å². The number of piperidine rings is 1. The van der Waals surface area contributed by atoms with E-state index < -0.39 is 0 Å². The highest BCUT2D eigenvalue weighted by atomic mass is 16.1. The highest BCUT2D eigenvalue weighted by Crippen LogP contribution is 2.22. The number of hydrogen-bond donors (Lipinski definition) is 1. The maximum Gasteiger partial charge on any atom is 0.220 e. The van der Waals surface area contributed by atoms with E-state index >= 15 is 0 Å². The lowest BCUT2D eigenvalue weighted by Gasteiger charge is -2.32. The van der Waals surface area contributed by atoms with Gasteiger partial charge in [0.25, 0.3) is 0 Å². The van der Waals surface area contributed by atoms with Crippen LogP contribution in [-0.4, -0.2) is 47.0 Å². The number of likely N-dealkylation sites (tertiary alicyclic amines) is 1. The van der Waals surface area contributed by atoms with Crippen molar-refractivity contribution >= 4 is 5.91 Å². The molecule has 2 heterocycles. The summed E-state index contributed by atoms with van der Waals surface area (Å²) in [5, 5.41) is 3.05. The van der Waals surface area contributed by atoms with Crippen LogP contribution in [0.25, 0.3) is 0 Å². The predicted molar refractivity (Wildman–Crippen MR) is 99.6 cm³/mol. The number of fused-ring (bicyclic) bond motifs is 1. The Hall–Kier alpha value is -1.49. The Labute approximate surface area is 151 Å². The molecule has 0 aromatic carbocycles. The van der Waals surface area contributed by atoms with Crippen LogP contribution in [0.5, 0.6) is 0 Å². The Morgan fingerprint density at radius 1 is 1.20 bits per heavy atom. The zero-order chi connectivity index (χ0) is 17.6. The standard InChI is InChI=1S/C20H32N4O/c1-15-17-8-3-4-9-18(17)23-19(22-15)12-13-21-20(25)11-10-16-7-5-6-14-24(16)2/h16H,3-14H2,1-2H3,(H,21,25)/t16-/m0/s1. The molecule has 1 aliphatic heterocycles. The number of carbonyl (C=O) groups excluding carboxylic acids is 1. The first kappa shape index (κ1) is 18.3. The number of aryl methyl sites for hydroxylation is 2. The highest BCUT2D eigenvalue weighted by Gasteiger charge is 2.19. The van der Waals surface area contributed by atoms with Gasteiger partial charge in [0.05, 0.1) is 0 Å². The minimum absolute atomic E-state index is 0.161. The fourth-order valence-corrected chi connectivity index (χ4v) is 4.16. The summed E-state index contributed by atoms with van der Waals surface area (Å²) in [6.07, 6.45) is 10.8. The first-order valence-electron chi connectivity index (χ1n) is 9.95. The molecule has 0 unspecified atom stereocenters. The van der Waals surface area contributed by atoms with E-state index in [1.54, 1.807) is 0 Å². The molecular weight excluding hydrogens is 312 g/mol. The molecule has 1 N–H and O–H groups in total. The summed E-state index contributed by atoms with van der Waals surface area (Å²) in [5.41, 5.74) is 3.72. The van der Waals surface area contributed by atoms with Gasteiger partial charge >= 0.3 is 0 Å². The van der Waals surface area contributed by atoms with E-state index in [4.69, 9.17) is 4.98 Å². The zero-order valence-corrected chi connectivity index (χ0v) is 15.8. The van der Waals surface area contributed by atoms with Gasteiger partial charge in [0.2, 0.25) is 5.91 Å². The van der Waals surface area contributed by atoms with Crippen molar-refractivity contribution in [3.8, 4) is 0 Å². The number of carbonyl (C=O) groups is 1. The smallest absolute Gasteiger partial charge is 0.220 e. The maximum absolute atomic E-state index is 12.1. The Morgan fingerprint density at radius 2 is 2.04 bits per heavy atom. The van der Waals surface area contributed by atoms with Crippen molar-refractivity contribution < 1.29 is 4.79 Å². The van der Waals surface area contributed by atoms with Crippen molar-refractivity contribution in [2.75, 3.05) is 20.1 Å². The summed E-state index contributed by atoms with van der Waals surface area (Å²) in [4.78, 5) is 23.9. The number of aromatic nitrogens is 2. The molecular formula is C20H32N4O. The molecule has 1 fully saturated rings. The van der Waals surface area contributed by atoms with Gasteiger partial charge in [0.15, 0.2) is 0 Å². The molecule has 25 heavy (non-hydrogen) atoms. The summed E-state index contributed by atoms with van der Waals surface area (Å²) >= 11 is 0. The van der Waals surface area contributed by atoms with Gasteiger partial charge in [-0.2, -0.15) is 0 Å². The van der Waals surface area contributed by atoms with E-state index in [9.17, 15) is 4.79 Å². The van der Waals surface area contributed by atoms with Gasteiger partial charge in [-0.05, 0) is 71.0 Å². The molecule has 1 aromatic heterocycles. The molecule has 5 nitrogen and oxygen atoms in total. The van der Waals surface area contributed by atoms with Crippen LogP contribution in [0, 0.1) is 6.92 Å². The largest absolute Gasteiger partial charge is 0.356 e. The number of nitrogens with one attached hydrogen (secondary N) is 1. The Kier molecular flexibility index (Phi) is 6.40. The molecule has 1 atom stereocenters. The topological polar surface area (TPSA) is 58.1 Å². The van der Waals surface area contributed by atoms with Crippen LogP contribution in [0.1, 0.15) is 67.7 Å². The lowest BCUT2D eigenvalue weighted by atomic mass is 9.95. The molecule has 2 aliphatic rings. The fourth-order valence-electron chi connectivity index (χ4n) is 4.16. The van der Waals surface area contributed by atoms with Crippen LogP contribution < -0.4 is 5.32 Å². The summed E-state index contributed by atoms with van der Waals surface area (Å²) in [6, 6.07) is 0.575. The first-order chi connectivity index (χ1) is 12.1. The highest BCUT2D eigenvalue weighted by molar-refractivity contribution is 5.75. The van der Waals surface area contributed by atoms with Gasteiger partial charge in [-0.25, -0.2) is 9.97 Å². The molecule has 1 amide bonds. The lowest BCUT2D eigenvalue weighted by Crippen LogP contribution is -2.37. The second-order valence-corrected chi connectivity index (χ2v) is 7.63. The van der Waals surface area contributed by atoms with E-state index in [-0.39, 0.29) is 5.91 Å². The van der Waals surface area contributed by atoms with E-state index in [2.05, 4.69) is 29.2 Å². The number of hydrogen-bond acceptors (Lipinski definition) is 4. The average Bonchev–Trinajstić information content (AvgIpc) is 2.61. The van der Waals surface area contributed by atoms with Gasteiger partial charge in [0.1, 0.15) is 5.82 Å². The SMILES string of the molecule is Cc1nc(CCNC(=O)CC[C@@H]2CCCCN2C)nc2c1CCCC2. The quantitative estimate of drug-likeness (QED) is 0.862. The van der Waals surface area contributed by atoms with Crippen molar-refractivity contribution in [2.24, 2.45) is 0 Å². The van der Waals surface area contributed by atoms with Crippen LogP contribution >= 0.6 is 0 Å². The number of amides is 1. The molecule has 0 saturated carbocycles. The minimum atomic E-state index is 0.161. The number of nitrogens with zero attached hydrogens (tertiary/aromatic N) is 3. The van der Waals surface area contributed by atoms with E-state index in [0.717, 1.165) is 37.2 Å². The van der Waals surface area contributed by atoms with Gasteiger partial charge in [-0.1, -0.05) is 6.42 Å². The van der Waals surface area contributed by atoms with Crippen LogP contribution in [-0.2, 0) is 24.1 Å². The van der Waals surface area contributed by atoms with Gasteiger partial charge < -0.3 is 10.2 Å². The minimum Gasteiger partial charge on any atom is -0.356 e. The second-order valence-electron chi connectivity index (χ2n) is 7.63. The van der Waals surface area contributed by atoms with Crippen LogP contribution in [0.15, 0.2) is 0 Å². The first-order valence-corrected chi connectivity index (χ1v) is 9.95. The molecule has 0 spiro atoms. The third kappa shape index (κ3) is 5.00. The molecule has 1 aromatic rings. The van der Waals surface area contributed by atoms with E-state index in [1.807, 2.05) is 0 Å². The van der Waals surface area contributed by atoms with Gasteiger partial charge in [-0.3, -0.25) is 4.79 Å². The monoisotopic (exact) mass is 344 g/mol. The molecule has 5 heteroatoms. The lowest BCUT2D eigenvalue weighted by molar-refractivity contribution is -0.121. The second kappa shape index (κ2) is 8.75. The van der Waals surface area contributed by atoms with Crippen molar-refractivity contribution in [2.45, 2.75) is 77.2 Å². The predicted octanol–water partition coefficient (Wildman–Crippen LogP) is 2.59. The van der Waals surface area contributed by atoms with Crippen molar-refractivity contribution in [1.29, 1.82) is 0 Å². The normalized spacial score (nSPS) is 21.0. The molecule has 1 aliphatic carbocycles. The Balaban J connectivity index is 1.42. The molecule has 3 rings (SSSR count). The molecule has 0 radical (unpaired) electrons. The zero-order valence-electron chi connectivity index (χ0n) is 15.8. The Bertz CT molecular complexity index is 602. The van der Waals surface area contributed by atoms with Crippen LogP contribution in [0.2, 0.25) is 0 Å². The van der Waals surface area contributed by atoms with Gasteiger partial charge in [-0.15, -0.1) is 0 Å². The Morgan fingerprint density at radius 3 is 2.88 bits per heavy atom. The molecule has 0 bridgehead atoms. The van der Waals surface area contributed by atoms with E-state index in [1.165, 1.54) is 49.9 Å². The third-order valence-corrected chi connectivity index (χ3v) is 5.73. The van der Waals surface area contributed by atoms with Crippen molar-refractivity contribution in [3.63, 3.8) is 0 Å². The summed E-state index contributed by atoms with van der Waals surface area (Å²) in [7, 11) is 2.18. The fraction of sp³-hybridized carbons (Fsp3) is 0.750. The summed E-state index contributed by atoms with van der Waals surface area (Å²) in [5.74, 6) is 1.04. The molecule has 1 saturated heterocycles. The average molecular weight is 345 g/mol. The van der Waals surface area contributed by atoms with Crippen LogP contribution in [0.3, 0.4) is 0 Å². The van der Waals surface area contributed by atoms with Crippen LogP contribution in [0.4, 0.5) is 0 Å². The van der Waals surface area contributed by atoms with Gasteiger partial charge in [0, 0.05) is 36.8 Å². The number of rotatable bonds is 6. The summed E-state index contributed by atoms with van der Waals surface area (Å²) < 4.78 is 0. The summed E-state index contributed by atoms with van der Waals surface area (Å²) in [6.45, 7) is 3.90. The maximum atomic E-state index is 12.1. The van der Waals surface area contributed by atoms with Crippen molar-refractivity contribution in [3.05, 3.63) is 22.8 Å². The third-order valence-electron chi connectivity index (χ3n) is 5.73. The van der Waals surface area contributed by atoms with Crippen molar-refractivity contribution in [1.82, 2.24) is 20.2 Å². The molecule has 138 valence electrons.